The number of halogens is 4. The van der Waals surface area contributed by atoms with Crippen molar-refractivity contribution in [1.29, 1.82) is 0 Å². The number of rotatable bonds is 3. The minimum absolute atomic E-state index is 0.234. The molecule has 0 radical (unpaired) electrons. The molecule has 0 aromatic heterocycles. The van der Waals surface area contributed by atoms with Gasteiger partial charge in [0.25, 0.3) is 0 Å². The van der Waals surface area contributed by atoms with Crippen LogP contribution in [0.3, 0.4) is 0 Å². The van der Waals surface area contributed by atoms with E-state index in [0.29, 0.717) is 6.54 Å². The van der Waals surface area contributed by atoms with Gasteiger partial charge in [0.2, 0.25) is 0 Å². The Morgan fingerprint density at radius 1 is 1.00 bits per heavy atom. The van der Waals surface area contributed by atoms with Gasteiger partial charge in [-0.1, -0.05) is 15.9 Å². The summed E-state index contributed by atoms with van der Waals surface area (Å²) < 4.78 is 16.1. The summed E-state index contributed by atoms with van der Waals surface area (Å²) in [5.41, 5.74) is 3.00. The molecule has 19 heavy (non-hydrogen) atoms. The summed E-state index contributed by atoms with van der Waals surface area (Å²) in [4.78, 5) is 0. The van der Waals surface area contributed by atoms with Gasteiger partial charge in [-0.3, -0.25) is 0 Å². The molecule has 2 aromatic carbocycles. The van der Waals surface area contributed by atoms with Crippen LogP contribution in [0, 0.1) is 12.7 Å². The summed E-state index contributed by atoms with van der Waals surface area (Å²) in [6, 6.07) is 8.74. The lowest BCUT2D eigenvalue weighted by Gasteiger charge is -2.13. The minimum atomic E-state index is -0.234. The Balaban J connectivity index is 2.21. The molecule has 0 aliphatic rings. The number of hydrogen-bond acceptors (Lipinski definition) is 1. The average Bonchev–Trinajstić information content (AvgIpc) is 2.32. The lowest BCUT2D eigenvalue weighted by atomic mass is 10.2. The molecule has 0 bridgehead atoms. The Morgan fingerprint density at radius 2 is 1.63 bits per heavy atom. The molecule has 0 aliphatic heterocycles. The summed E-state index contributed by atoms with van der Waals surface area (Å²) in [6.07, 6.45) is 0. The molecular formula is C14H11Br3FN. The van der Waals surface area contributed by atoms with E-state index in [1.54, 1.807) is 6.07 Å². The van der Waals surface area contributed by atoms with E-state index in [1.165, 1.54) is 12.1 Å². The smallest absolute Gasteiger partial charge is 0.123 e. The maximum absolute atomic E-state index is 13.2. The number of nitrogens with one attached hydrogen (secondary N) is 1. The maximum atomic E-state index is 13.2. The van der Waals surface area contributed by atoms with Crippen LogP contribution in [0.4, 0.5) is 10.1 Å². The first kappa shape index (κ1) is 15.0. The monoisotopic (exact) mass is 449 g/mol. The van der Waals surface area contributed by atoms with Crippen molar-refractivity contribution >= 4 is 53.5 Å². The first-order valence-electron chi connectivity index (χ1n) is 5.61. The molecule has 5 heteroatoms. The minimum Gasteiger partial charge on any atom is -0.379 e. The van der Waals surface area contributed by atoms with Crippen LogP contribution < -0.4 is 5.32 Å². The van der Waals surface area contributed by atoms with Gasteiger partial charge in [-0.2, -0.15) is 0 Å². The Kier molecular flexibility index (Phi) is 5.03. The van der Waals surface area contributed by atoms with Crippen LogP contribution in [0.2, 0.25) is 0 Å². The van der Waals surface area contributed by atoms with Crippen LogP contribution in [0.1, 0.15) is 11.1 Å². The molecule has 1 nitrogen and oxygen atoms in total. The zero-order valence-electron chi connectivity index (χ0n) is 10.1. The summed E-state index contributed by atoms with van der Waals surface area (Å²) in [5.74, 6) is -0.234. The van der Waals surface area contributed by atoms with Gasteiger partial charge in [-0.25, -0.2) is 4.39 Å². The summed E-state index contributed by atoms with van der Waals surface area (Å²) in [6.45, 7) is 2.57. The van der Waals surface area contributed by atoms with E-state index < -0.39 is 0 Å². The van der Waals surface area contributed by atoms with Crippen molar-refractivity contribution in [2.24, 2.45) is 0 Å². The molecule has 0 amide bonds. The predicted octanol–water partition coefficient (Wildman–Crippen LogP) is 6.03. The van der Waals surface area contributed by atoms with Gasteiger partial charge >= 0.3 is 0 Å². The topological polar surface area (TPSA) is 12.0 Å². The van der Waals surface area contributed by atoms with E-state index in [9.17, 15) is 4.39 Å². The predicted molar refractivity (Wildman–Crippen MR) is 88.0 cm³/mol. The second-order valence-electron chi connectivity index (χ2n) is 4.19. The van der Waals surface area contributed by atoms with Crippen LogP contribution in [0.5, 0.6) is 0 Å². The number of aryl methyl sites for hydroxylation is 1. The van der Waals surface area contributed by atoms with E-state index in [2.05, 4.69) is 53.1 Å². The summed E-state index contributed by atoms with van der Waals surface area (Å²) >= 11 is 10.5. The average molecular weight is 452 g/mol. The first-order chi connectivity index (χ1) is 8.97. The lowest BCUT2D eigenvalue weighted by Crippen LogP contribution is -2.02. The van der Waals surface area contributed by atoms with E-state index in [0.717, 1.165) is 30.2 Å². The lowest BCUT2D eigenvalue weighted by molar-refractivity contribution is 0.625. The SMILES string of the molecule is Cc1cc(Br)c(NCc2cc(F)ccc2Br)c(Br)c1. The zero-order chi connectivity index (χ0) is 14.0. The summed E-state index contributed by atoms with van der Waals surface area (Å²) in [5, 5.41) is 3.30. The highest BCUT2D eigenvalue weighted by atomic mass is 79.9. The van der Waals surface area contributed by atoms with Crippen LogP contribution in [0.25, 0.3) is 0 Å². The van der Waals surface area contributed by atoms with Gasteiger partial charge in [0.15, 0.2) is 0 Å². The molecule has 100 valence electrons. The molecule has 0 aliphatic carbocycles. The van der Waals surface area contributed by atoms with Crippen molar-refractivity contribution in [3.63, 3.8) is 0 Å². The third-order valence-electron chi connectivity index (χ3n) is 2.65. The normalized spacial score (nSPS) is 10.6. The Morgan fingerprint density at radius 3 is 2.26 bits per heavy atom. The van der Waals surface area contributed by atoms with Crippen molar-refractivity contribution in [3.8, 4) is 0 Å². The molecular weight excluding hydrogens is 441 g/mol. The molecule has 2 aromatic rings. The molecule has 0 saturated heterocycles. The highest BCUT2D eigenvalue weighted by molar-refractivity contribution is 9.11. The second kappa shape index (κ2) is 6.37. The largest absolute Gasteiger partial charge is 0.379 e. The van der Waals surface area contributed by atoms with Crippen LogP contribution in [-0.2, 0) is 6.54 Å². The quantitative estimate of drug-likeness (QED) is 0.600. The molecule has 0 unspecified atom stereocenters. The molecule has 0 atom stereocenters. The molecule has 2 rings (SSSR count). The maximum Gasteiger partial charge on any atom is 0.123 e. The van der Waals surface area contributed by atoms with E-state index in [-0.39, 0.29) is 5.82 Å². The fraction of sp³-hybridized carbons (Fsp3) is 0.143. The molecule has 0 fully saturated rings. The van der Waals surface area contributed by atoms with Gasteiger partial charge in [0.1, 0.15) is 5.82 Å². The summed E-state index contributed by atoms with van der Waals surface area (Å²) in [7, 11) is 0. The van der Waals surface area contributed by atoms with Crippen molar-refractivity contribution < 1.29 is 4.39 Å². The van der Waals surface area contributed by atoms with Gasteiger partial charge in [0.05, 0.1) is 5.69 Å². The number of hydrogen-bond donors (Lipinski definition) is 1. The Hall–Kier alpha value is -0.390. The third kappa shape index (κ3) is 3.80. The standard InChI is InChI=1S/C14H11Br3FN/c1-8-4-12(16)14(13(17)5-8)19-7-9-6-10(18)2-3-11(9)15/h2-6,19H,7H2,1H3. The van der Waals surface area contributed by atoms with E-state index in [1.807, 2.05) is 19.1 Å². The molecule has 0 spiro atoms. The highest BCUT2D eigenvalue weighted by Gasteiger charge is 2.07. The van der Waals surface area contributed by atoms with Crippen LogP contribution >= 0.6 is 47.8 Å². The Bertz CT molecular complexity index is 591. The molecule has 1 N–H and O–H groups in total. The molecule has 0 saturated carbocycles. The number of benzene rings is 2. The van der Waals surface area contributed by atoms with Crippen molar-refractivity contribution in [1.82, 2.24) is 0 Å². The fourth-order valence-corrected chi connectivity index (χ4v) is 3.81. The number of anilines is 1. The Labute approximate surface area is 137 Å². The van der Waals surface area contributed by atoms with Gasteiger partial charge < -0.3 is 5.32 Å². The van der Waals surface area contributed by atoms with Gasteiger partial charge in [-0.05, 0) is 80.2 Å². The zero-order valence-corrected chi connectivity index (χ0v) is 14.9. The van der Waals surface area contributed by atoms with Crippen molar-refractivity contribution in [3.05, 3.63) is 60.7 Å². The van der Waals surface area contributed by atoms with Crippen molar-refractivity contribution in [2.45, 2.75) is 13.5 Å². The van der Waals surface area contributed by atoms with E-state index in [4.69, 9.17) is 0 Å². The highest BCUT2D eigenvalue weighted by Crippen LogP contribution is 2.33. The van der Waals surface area contributed by atoms with E-state index >= 15 is 0 Å². The first-order valence-corrected chi connectivity index (χ1v) is 7.98. The fourth-order valence-electron chi connectivity index (χ4n) is 1.73. The molecule has 0 heterocycles. The van der Waals surface area contributed by atoms with Crippen LogP contribution in [0.15, 0.2) is 43.7 Å². The van der Waals surface area contributed by atoms with Gasteiger partial charge in [0, 0.05) is 20.0 Å². The van der Waals surface area contributed by atoms with Crippen molar-refractivity contribution in [2.75, 3.05) is 5.32 Å². The second-order valence-corrected chi connectivity index (χ2v) is 6.76. The third-order valence-corrected chi connectivity index (χ3v) is 4.67. The van der Waals surface area contributed by atoms with Gasteiger partial charge in [-0.15, -0.1) is 0 Å². The van der Waals surface area contributed by atoms with Crippen LogP contribution in [-0.4, -0.2) is 0 Å².